The Balaban J connectivity index is 1.39. The number of aryl methyl sites for hydroxylation is 1. The lowest BCUT2D eigenvalue weighted by Crippen LogP contribution is -2.43. The number of methoxy groups -OCH3 is 1. The summed E-state index contributed by atoms with van der Waals surface area (Å²) < 4.78 is 12.8. The topological polar surface area (TPSA) is 68.6 Å². The minimum atomic E-state index is 0.0537. The summed E-state index contributed by atoms with van der Waals surface area (Å²) in [4.78, 5) is 15.2. The van der Waals surface area contributed by atoms with E-state index < -0.39 is 0 Å². The summed E-state index contributed by atoms with van der Waals surface area (Å²) in [6.07, 6.45) is 1.10. The summed E-state index contributed by atoms with van der Waals surface area (Å²) in [5.74, 6) is 0.883. The molecule has 1 aromatic heterocycles. The van der Waals surface area contributed by atoms with Crippen LogP contribution in [0.25, 0.3) is 5.69 Å². The van der Waals surface area contributed by atoms with Gasteiger partial charge in [0.1, 0.15) is 5.75 Å². The normalized spacial score (nSPS) is 15.1. The predicted molar refractivity (Wildman–Crippen MR) is 132 cm³/mol. The number of aromatic nitrogens is 2. The first kappa shape index (κ1) is 24.0. The Morgan fingerprint density at radius 2 is 1.79 bits per heavy atom. The number of nitrogens with one attached hydrogen (secondary N) is 1. The molecule has 1 fully saturated rings. The Hall–Kier alpha value is -3.16. The second-order valence-corrected chi connectivity index (χ2v) is 8.64. The maximum Gasteiger partial charge on any atom is 0.220 e. The van der Waals surface area contributed by atoms with Crippen molar-refractivity contribution in [2.45, 2.75) is 32.7 Å². The molecule has 1 aliphatic rings. The fourth-order valence-corrected chi connectivity index (χ4v) is 4.57. The van der Waals surface area contributed by atoms with Crippen molar-refractivity contribution in [2.24, 2.45) is 0 Å². The van der Waals surface area contributed by atoms with Crippen LogP contribution in [0.15, 0.2) is 54.6 Å². The number of hydrogen-bond donors (Lipinski definition) is 1. The van der Waals surface area contributed by atoms with Crippen LogP contribution in [0.4, 0.5) is 0 Å². The summed E-state index contributed by atoms with van der Waals surface area (Å²) in [6.45, 7) is 7.77. The smallest absolute Gasteiger partial charge is 0.220 e. The highest BCUT2D eigenvalue weighted by Crippen LogP contribution is 2.24. The number of carbonyl (C=O) groups excluding carboxylic acids is 1. The van der Waals surface area contributed by atoms with Gasteiger partial charge in [-0.15, -0.1) is 0 Å². The van der Waals surface area contributed by atoms with Crippen LogP contribution in [0.1, 0.15) is 35.0 Å². The average Bonchev–Trinajstić information content (AvgIpc) is 3.17. The van der Waals surface area contributed by atoms with Gasteiger partial charge in [-0.3, -0.25) is 9.69 Å². The van der Waals surface area contributed by atoms with Crippen LogP contribution < -0.4 is 10.1 Å². The number of carbonyl (C=O) groups is 1. The van der Waals surface area contributed by atoms with Crippen molar-refractivity contribution in [2.75, 3.05) is 40.0 Å². The highest BCUT2D eigenvalue weighted by atomic mass is 16.5. The Bertz CT molecular complexity index is 1070. The van der Waals surface area contributed by atoms with Gasteiger partial charge in [-0.05, 0) is 55.7 Å². The van der Waals surface area contributed by atoms with E-state index in [0.29, 0.717) is 32.6 Å². The first-order valence-electron chi connectivity index (χ1n) is 11.9. The maximum absolute atomic E-state index is 12.8. The number of nitrogens with zero attached hydrogens (tertiary/aromatic N) is 3. The molecule has 0 radical (unpaired) electrons. The Morgan fingerprint density at radius 1 is 1.09 bits per heavy atom. The van der Waals surface area contributed by atoms with Crippen molar-refractivity contribution in [1.82, 2.24) is 20.0 Å². The summed E-state index contributed by atoms with van der Waals surface area (Å²) >= 11 is 0. The second-order valence-electron chi connectivity index (χ2n) is 8.64. The van der Waals surface area contributed by atoms with Gasteiger partial charge in [0.05, 0.1) is 37.7 Å². The van der Waals surface area contributed by atoms with E-state index in [1.165, 1.54) is 5.56 Å². The molecule has 34 heavy (non-hydrogen) atoms. The van der Waals surface area contributed by atoms with Crippen LogP contribution in [0.2, 0.25) is 0 Å². The molecule has 1 atom stereocenters. The van der Waals surface area contributed by atoms with Gasteiger partial charge in [0.15, 0.2) is 0 Å². The zero-order chi connectivity index (χ0) is 23.9. The van der Waals surface area contributed by atoms with Crippen molar-refractivity contribution in [1.29, 1.82) is 0 Å². The summed E-state index contributed by atoms with van der Waals surface area (Å²) in [6, 6.07) is 18.3. The molecule has 2 aromatic carbocycles. The standard InChI is InChI=1S/C27H34N4O3/c1-20-25(21(2)31(29-20)23-7-5-4-6-8-23)13-14-27(32)28-19-26(30-15-17-34-18-16-30)22-9-11-24(33-3)12-10-22/h4-12,26H,13-19H2,1-3H3,(H,28,32)/t26-/m0/s1. The first-order valence-corrected chi connectivity index (χ1v) is 11.9. The van der Waals surface area contributed by atoms with Crippen LogP contribution in [0.5, 0.6) is 5.75 Å². The van der Waals surface area contributed by atoms with Crippen LogP contribution in [0, 0.1) is 13.8 Å². The number of morpholine rings is 1. The van der Waals surface area contributed by atoms with Gasteiger partial charge in [-0.25, -0.2) is 4.68 Å². The van der Waals surface area contributed by atoms with Crippen molar-refractivity contribution in [3.05, 3.63) is 77.1 Å². The number of hydrogen-bond acceptors (Lipinski definition) is 5. The number of benzene rings is 2. The third kappa shape index (κ3) is 5.66. The van der Waals surface area contributed by atoms with E-state index in [9.17, 15) is 4.79 Å². The van der Waals surface area contributed by atoms with Crippen LogP contribution in [-0.2, 0) is 16.0 Å². The van der Waals surface area contributed by atoms with E-state index in [-0.39, 0.29) is 11.9 Å². The molecule has 1 aliphatic heterocycles. The number of amides is 1. The highest BCUT2D eigenvalue weighted by molar-refractivity contribution is 5.76. The molecule has 1 amide bonds. The lowest BCUT2D eigenvalue weighted by molar-refractivity contribution is -0.121. The van der Waals surface area contributed by atoms with Gasteiger partial charge in [-0.1, -0.05) is 30.3 Å². The maximum atomic E-state index is 12.8. The lowest BCUT2D eigenvalue weighted by atomic mass is 10.0. The summed E-state index contributed by atoms with van der Waals surface area (Å²) in [5.41, 5.74) is 5.39. The molecule has 4 rings (SSSR count). The predicted octanol–water partition coefficient (Wildman–Crippen LogP) is 3.62. The lowest BCUT2D eigenvalue weighted by Gasteiger charge is -2.35. The third-order valence-electron chi connectivity index (χ3n) is 6.52. The zero-order valence-corrected chi connectivity index (χ0v) is 20.3. The fraction of sp³-hybridized carbons (Fsp3) is 0.407. The fourth-order valence-electron chi connectivity index (χ4n) is 4.57. The van der Waals surface area contributed by atoms with E-state index in [0.717, 1.165) is 41.5 Å². The van der Waals surface area contributed by atoms with E-state index in [4.69, 9.17) is 14.6 Å². The summed E-state index contributed by atoms with van der Waals surface area (Å²) in [5, 5.41) is 7.88. The Kier molecular flexibility index (Phi) is 7.98. The SMILES string of the molecule is COc1ccc([C@H](CNC(=O)CCc2c(C)nn(-c3ccccc3)c2C)N2CCOCC2)cc1. The van der Waals surface area contributed by atoms with E-state index in [1.54, 1.807) is 7.11 Å². The second kappa shape index (κ2) is 11.3. The molecule has 1 saturated heterocycles. The zero-order valence-electron chi connectivity index (χ0n) is 20.3. The van der Waals surface area contributed by atoms with E-state index >= 15 is 0 Å². The number of para-hydroxylation sites is 1. The third-order valence-corrected chi connectivity index (χ3v) is 6.52. The molecule has 0 bridgehead atoms. The van der Waals surface area contributed by atoms with Crippen molar-refractivity contribution >= 4 is 5.91 Å². The molecule has 1 N–H and O–H groups in total. The number of rotatable bonds is 9. The Labute approximate surface area is 201 Å². The van der Waals surface area contributed by atoms with E-state index in [2.05, 4.69) is 29.3 Å². The van der Waals surface area contributed by atoms with Gasteiger partial charge in [0, 0.05) is 31.7 Å². The Morgan fingerprint density at radius 3 is 2.47 bits per heavy atom. The van der Waals surface area contributed by atoms with Gasteiger partial charge >= 0.3 is 0 Å². The van der Waals surface area contributed by atoms with Crippen molar-refractivity contribution in [3.8, 4) is 11.4 Å². The molecule has 7 heteroatoms. The van der Waals surface area contributed by atoms with Crippen molar-refractivity contribution in [3.63, 3.8) is 0 Å². The molecule has 0 aliphatic carbocycles. The molecule has 2 heterocycles. The molecule has 0 unspecified atom stereocenters. The summed E-state index contributed by atoms with van der Waals surface area (Å²) in [7, 11) is 1.67. The monoisotopic (exact) mass is 462 g/mol. The molecule has 0 spiro atoms. The van der Waals surface area contributed by atoms with Crippen LogP contribution >= 0.6 is 0 Å². The average molecular weight is 463 g/mol. The van der Waals surface area contributed by atoms with Crippen LogP contribution in [-0.4, -0.2) is 60.5 Å². The van der Waals surface area contributed by atoms with Gasteiger partial charge in [0.2, 0.25) is 5.91 Å². The largest absolute Gasteiger partial charge is 0.497 e. The molecule has 0 saturated carbocycles. The van der Waals surface area contributed by atoms with E-state index in [1.807, 2.05) is 54.1 Å². The van der Waals surface area contributed by atoms with Crippen molar-refractivity contribution < 1.29 is 14.3 Å². The minimum Gasteiger partial charge on any atom is -0.497 e. The molecule has 180 valence electrons. The molecule has 7 nitrogen and oxygen atoms in total. The minimum absolute atomic E-state index is 0.0537. The van der Waals surface area contributed by atoms with Gasteiger partial charge in [0.25, 0.3) is 0 Å². The molecule has 3 aromatic rings. The van der Waals surface area contributed by atoms with Gasteiger partial charge < -0.3 is 14.8 Å². The molecular weight excluding hydrogens is 428 g/mol. The van der Waals surface area contributed by atoms with Crippen LogP contribution in [0.3, 0.4) is 0 Å². The number of ether oxygens (including phenoxy) is 2. The van der Waals surface area contributed by atoms with Gasteiger partial charge in [-0.2, -0.15) is 5.10 Å². The molecular formula is C27H34N4O3. The quantitative estimate of drug-likeness (QED) is 0.526. The highest BCUT2D eigenvalue weighted by Gasteiger charge is 2.23. The first-order chi connectivity index (χ1) is 16.6.